The minimum Gasteiger partial charge on any atom is -0.390 e. The Labute approximate surface area is 162 Å². The summed E-state index contributed by atoms with van der Waals surface area (Å²) in [7, 11) is -3.80. The second-order valence-corrected chi connectivity index (χ2v) is 8.52. The number of hydrogen-bond acceptors (Lipinski definition) is 6. The van der Waals surface area contributed by atoms with Gasteiger partial charge in [-0.2, -0.15) is 0 Å². The molecule has 0 unspecified atom stereocenters. The van der Waals surface area contributed by atoms with E-state index in [9.17, 15) is 27.1 Å². The fraction of sp³-hybridized carbons (Fsp3) is 0.167. The number of aliphatic hydroxyl groups is 1. The molecule has 0 saturated carbocycles. The number of fused-ring (bicyclic) bond motifs is 3. The standard InChI is InChI=1S/C18H14F2N4O4S/c1-29(27,28)10-4-13(19)12(14(20)5-10)7-24-16-11-3-2-9(8-25)22-17(11)21-6-15(16)23-18(24)26/h2-6,25H,7-8H2,1H3,(H,23,26). The summed E-state index contributed by atoms with van der Waals surface area (Å²) in [6.45, 7) is -0.764. The first-order chi connectivity index (χ1) is 13.7. The molecule has 8 nitrogen and oxygen atoms in total. The van der Waals surface area contributed by atoms with Gasteiger partial charge in [0.1, 0.15) is 11.6 Å². The highest BCUT2D eigenvalue weighted by molar-refractivity contribution is 7.90. The van der Waals surface area contributed by atoms with Crippen molar-refractivity contribution in [3.05, 3.63) is 63.8 Å². The Kier molecular flexibility index (Phi) is 4.43. The molecule has 0 fully saturated rings. The van der Waals surface area contributed by atoms with Gasteiger partial charge in [0.15, 0.2) is 15.5 Å². The number of aliphatic hydroxyl groups excluding tert-OH is 1. The number of H-pyrrole nitrogens is 1. The lowest BCUT2D eigenvalue weighted by Gasteiger charge is -2.10. The maximum absolute atomic E-state index is 14.5. The molecule has 0 atom stereocenters. The molecule has 0 bridgehead atoms. The summed E-state index contributed by atoms with van der Waals surface area (Å²) in [5, 5.41) is 9.68. The van der Waals surface area contributed by atoms with Crippen LogP contribution in [-0.4, -0.2) is 39.3 Å². The van der Waals surface area contributed by atoms with Crippen LogP contribution in [0.15, 0.2) is 40.2 Å². The van der Waals surface area contributed by atoms with E-state index in [-0.39, 0.29) is 12.3 Å². The highest BCUT2D eigenvalue weighted by Crippen LogP contribution is 2.24. The molecule has 2 N–H and O–H groups in total. The first-order valence-electron chi connectivity index (χ1n) is 8.35. The molecule has 0 amide bonds. The van der Waals surface area contributed by atoms with Gasteiger partial charge >= 0.3 is 5.69 Å². The number of aromatic amines is 1. The second kappa shape index (κ2) is 6.71. The normalized spacial score (nSPS) is 12.1. The number of nitrogens with one attached hydrogen (secondary N) is 1. The van der Waals surface area contributed by atoms with Crippen molar-refractivity contribution in [2.75, 3.05) is 6.26 Å². The Morgan fingerprint density at radius 1 is 1.21 bits per heavy atom. The number of rotatable bonds is 4. The van der Waals surface area contributed by atoms with E-state index in [4.69, 9.17) is 0 Å². The van der Waals surface area contributed by atoms with E-state index >= 15 is 0 Å². The van der Waals surface area contributed by atoms with Crippen molar-refractivity contribution in [1.82, 2.24) is 19.5 Å². The van der Waals surface area contributed by atoms with Gasteiger partial charge in [0.05, 0.1) is 41.0 Å². The predicted molar refractivity (Wildman–Crippen MR) is 100 cm³/mol. The quantitative estimate of drug-likeness (QED) is 0.517. The van der Waals surface area contributed by atoms with Crippen molar-refractivity contribution in [3.8, 4) is 0 Å². The largest absolute Gasteiger partial charge is 0.390 e. The number of aromatic nitrogens is 4. The van der Waals surface area contributed by atoms with Crippen molar-refractivity contribution >= 4 is 31.9 Å². The van der Waals surface area contributed by atoms with Crippen LogP contribution >= 0.6 is 0 Å². The number of nitrogens with zero attached hydrogens (tertiary/aromatic N) is 3. The van der Waals surface area contributed by atoms with Crippen LogP contribution in [0.1, 0.15) is 11.3 Å². The number of halogens is 2. The zero-order chi connectivity index (χ0) is 20.9. The van der Waals surface area contributed by atoms with Gasteiger partial charge in [-0.15, -0.1) is 0 Å². The number of benzene rings is 1. The third-order valence-corrected chi connectivity index (χ3v) is 5.63. The van der Waals surface area contributed by atoms with Gasteiger partial charge in [-0.3, -0.25) is 4.57 Å². The number of pyridine rings is 2. The highest BCUT2D eigenvalue weighted by Gasteiger charge is 2.20. The topological polar surface area (TPSA) is 118 Å². The van der Waals surface area contributed by atoms with E-state index in [1.54, 1.807) is 12.1 Å². The molecule has 0 aliphatic carbocycles. The monoisotopic (exact) mass is 420 g/mol. The van der Waals surface area contributed by atoms with Crippen LogP contribution in [-0.2, 0) is 23.0 Å². The first-order valence-corrected chi connectivity index (χ1v) is 10.2. The molecule has 0 spiro atoms. The molecule has 3 aromatic heterocycles. The van der Waals surface area contributed by atoms with Crippen LogP contribution in [0.5, 0.6) is 0 Å². The summed E-state index contributed by atoms with van der Waals surface area (Å²) in [6, 6.07) is 4.60. The van der Waals surface area contributed by atoms with E-state index in [2.05, 4.69) is 15.0 Å². The van der Waals surface area contributed by atoms with Gasteiger partial charge < -0.3 is 10.1 Å². The summed E-state index contributed by atoms with van der Waals surface area (Å²) in [6.07, 6.45) is 2.21. The highest BCUT2D eigenvalue weighted by atomic mass is 32.2. The number of hydrogen-bond donors (Lipinski definition) is 2. The van der Waals surface area contributed by atoms with E-state index in [0.29, 0.717) is 22.1 Å². The SMILES string of the molecule is CS(=O)(=O)c1cc(F)c(Cn2c(=O)[nH]c3cnc4nc(CO)ccc4c32)c(F)c1. The van der Waals surface area contributed by atoms with Gasteiger partial charge in [0.25, 0.3) is 0 Å². The summed E-state index contributed by atoms with van der Waals surface area (Å²) in [5.74, 6) is -2.16. The molecule has 4 rings (SSSR count). The van der Waals surface area contributed by atoms with Crippen molar-refractivity contribution in [2.45, 2.75) is 18.0 Å². The minimum absolute atomic E-state index is 0.255. The fourth-order valence-electron chi connectivity index (χ4n) is 3.11. The molecule has 4 aromatic rings. The Bertz CT molecular complexity index is 1420. The maximum atomic E-state index is 14.5. The van der Waals surface area contributed by atoms with Crippen molar-refractivity contribution < 1.29 is 22.3 Å². The van der Waals surface area contributed by atoms with Crippen LogP contribution in [0, 0.1) is 11.6 Å². The Morgan fingerprint density at radius 2 is 1.90 bits per heavy atom. The number of imidazole rings is 1. The van der Waals surface area contributed by atoms with E-state index in [1.165, 1.54) is 6.20 Å². The lowest BCUT2D eigenvalue weighted by Crippen LogP contribution is -2.19. The van der Waals surface area contributed by atoms with Crippen LogP contribution < -0.4 is 5.69 Å². The van der Waals surface area contributed by atoms with Crippen LogP contribution in [0.25, 0.3) is 22.1 Å². The Hall–Kier alpha value is -3.18. The molecule has 11 heteroatoms. The summed E-state index contributed by atoms with van der Waals surface area (Å²) >= 11 is 0. The molecule has 3 heterocycles. The molecule has 0 aliphatic rings. The van der Waals surface area contributed by atoms with Gasteiger partial charge in [-0.1, -0.05) is 0 Å². The summed E-state index contributed by atoms with van der Waals surface area (Å²) < 4.78 is 53.3. The lowest BCUT2D eigenvalue weighted by atomic mass is 10.2. The molecule has 0 radical (unpaired) electrons. The molecular formula is C18H14F2N4O4S. The molecule has 0 saturated heterocycles. The van der Waals surface area contributed by atoms with Crippen molar-refractivity contribution in [3.63, 3.8) is 0 Å². The van der Waals surface area contributed by atoms with Crippen molar-refractivity contribution in [2.24, 2.45) is 0 Å². The van der Waals surface area contributed by atoms with E-state index in [1.807, 2.05) is 0 Å². The third kappa shape index (κ3) is 3.28. The van der Waals surface area contributed by atoms with Crippen LogP contribution in [0.2, 0.25) is 0 Å². The smallest absolute Gasteiger partial charge is 0.326 e. The zero-order valence-corrected chi connectivity index (χ0v) is 15.8. The average molecular weight is 420 g/mol. The maximum Gasteiger partial charge on any atom is 0.326 e. The molecule has 29 heavy (non-hydrogen) atoms. The van der Waals surface area contributed by atoms with E-state index < -0.39 is 44.2 Å². The second-order valence-electron chi connectivity index (χ2n) is 6.51. The third-order valence-electron chi connectivity index (χ3n) is 4.54. The van der Waals surface area contributed by atoms with Gasteiger partial charge in [-0.05, 0) is 24.3 Å². The fourth-order valence-corrected chi connectivity index (χ4v) is 3.75. The van der Waals surface area contributed by atoms with Gasteiger partial charge in [0.2, 0.25) is 0 Å². The summed E-state index contributed by atoms with van der Waals surface area (Å²) in [5.41, 5.74) is 0.238. The molecule has 150 valence electrons. The number of sulfone groups is 1. The summed E-state index contributed by atoms with van der Waals surface area (Å²) in [4.78, 5) is 22.8. The van der Waals surface area contributed by atoms with Gasteiger partial charge in [0, 0.05) is 17.2 Å². The first kappa shape index (κ1) is 19.2. The van der Waals surface area contributed by atoms with Crippen LogP contribution in [0.4, 0.5) is 8.78 Å². The predicted octanol–water partition coefficient (Wildman–Crippen LogP) is 1.50. The molecule has 0 aliphatic heterocycles. The minimum atomic E-state index is -3.80. The van der Waals surface area contributed by atoms with E-state index in [0.717, 1.165) is 23.0 Å². The molecular weight excluding hydrogens is 406 g/mol. The molecule has 1 aromatic carbocycles. The Balaban J connectivity index is 1.92. The average Bonchev–Trinajstić information content (AvgIpc) is 2.98. The lowest BCUT2D eigenvalue weighted by molar-refractivity contribution is 0.277. The van der Waals surface area contributed by atoms with Crippen molar-refractivity contribution in [1.29, 1.82) is 0 Å². The zero-order valence-electron chi connectivity index (χ0n) is 15.0. The van der Waals surface area contributed by atoms with Crippen LogP contribution in [0.3, 0.4) is 0 Å². The van der Waals surface area contributed by atoms with Gasteiger partial charge in [-0.25, -0.2) is 32.0 Å². The Morgan fingerprint density at radius 3 is 2.52 bits per heavy atom.